The molecule has 0 heterocycles. The van der Waals surface area contributed by atoms with Crippen molar-refractivity contribution in [3.05, 3.63) is 65.2 Å². The molecule has 5 nitrogen and oxygen atoms in total. The van der Waals surface area contributed by atoms with Crippen molar-refractivity contribution >= 4 is 23.4 Å². The van der Waals surface area contributed by atoms with E-state index in [-0.39, 0.29) is 25.0 Å². The smallest absolute Gasteiger partial charge is 0.261 e. The van der Waals surface area contributed by atoms with E-state index in [1.54, 1.807) is 25.1 Å². The Balaban J connectivity index is 2.18. The van der Waals surface area contributed by atoms with Gasteiger partial charge in [0.1, 0.15) is 11.8 Å². The summed E-state index contributed by atoms with van der Waals surface area (Å²) < 4.78 is 5.59. The van der Waals surface area contributed by atoms with Crippen LogP contribution in [-0.4, -0.2) is 34.9 Å². The average molecular weight is 403 g/mol. The molecule has 1 N–H and O–H groups in total. The third-order valence-electron chi connectivity index (χ3n) is 4.07. The fourth-order valence-electron chi connectivity index (χ4n) is 2.61. The van der Waals surface area contributed by atoms with E-state index < -0.39 is 11.6 Å². The molecule has 1 unspecified atom stereocenters. The fourth-order valence-corrected chi connectivity index (χ4v) is 2.81. The number of nitrogens with zero attached hydrogens (tertiary/aromatic N) is 1. The van der Waals surface area contributed by atoms with Gasteiger partial charge >= 0.3 is 0 Å². The van der Waals surface area contributed by atoms with Crippen LogP contribution >= 0.6 is 11.6 Å². The van der Waals surface area contributed by atoms with Gasteiger partial charge in [0.15, 0.2) is 6.61 Å². The number of carbonyl (C=O) groups excluding carboxylic acids is 2. The lowest BCUT2D eigenvalue weighted by Crippen LogP contribution is -2.53. The number of rotatable bonds is 7. The Hall–Kier alpha value is -2.53. The lowest BCUT2D eigenvalue weighted by Gasteiger charge is -2.31. The van der Waals surface area contributed by atoms with Crippen molar-refractivity contribution in [3.63, 3.8) is 0 Å². The Morgan fingerprint density at radius 3 is 2.29 bits per heavy atom. The highest BCUT2D eigenvalue weighted by atomic mass is 35.5. The Morgan fingerprint density at radius 1 is 1.07 bits per heavy atom. The lowest BCUT2D eigenvalue weighted by atomic mass is 10.1. The van der Waals surface area contributed by atoms with E-state index in [0.717, 1.165) is 5.56 Å². The first-order valence-corrected chi connectivity index (χ1v) is 9.58. The minimum absolute atomic E-state index is 0.165. The number of hydrogen-bond acceptors (Lipinski definition) is 3. The Bertz CT molecular complexity index is 803. The second-order valence-corrected chi connectivity index (χ2v) is 8.04. The quantitative estimate of drug-likeness (QED) is 0.760. The second kappa shape index (κ2) is 9.60. The van der Waals surface area contributed by atoms with Crippen LogP contribution in [0.25, 0.3) is 0 Å². The maximum absolute atomic E-state index is 12.9. The van der Waals surface area contributed by atoms with Crippen LogP contribution in [0, 0.1) is 0 Å². The van der Waals surface area contributed by atoms with Crippen molar-refractivity contribution < 1.29 is 14.3 Å². The van der Waals surface area contributed by atoms with E-state index in [1.165, 1.54) is 4.90 Å². The van der Waals surface area contributed by atoms with Crippen LogP contribution in [0.4, 0.5) is 0 Å². The van der Waals surface area contributed by atoms with Gasteiger partial charge in [-0.2, -0.15) is 0 Å². The summed E-state index contributed by atoms with van der Waals surface area (Å²) in [5.74, 6) is 0.0771. The van der Waals surface area contributed by atoms with E-state index in [9.17, 15) is 9.59 Å². The Kier molecular flexibility index (Phi) is 7.46. The van der Waals surface area contributed by atoms with Crippen molar-refractivity contribution in [2.24, 2.45) is 0 Å². The minimum atomic E-state index is -0.678. The monoisotopic (exact) mass is 402 g/mol. The Morgan fingerprint density at radius 2 is 1.68 bits per heavy atom. The zero-order valence-corrected chi connectivity index (χ0v) is 17.5. The van der Waals surface area contributed by atoms with Gasteiger partial charge in [-0.15, -0.1) is 0 Å². The predicted molar refractivity (Wildman–Crippen MR) is 111 cm³/mol. The number of benzene rings is 2. The molecule has 0 radical (unpaired) electrons. The van der Waals surface area contributed by atoms with Gasteiger partial charge in [0.05, 0.1) is 0 Å². The molecular weight excluding hydrogens is 376 g/mol. The van der Waals surface area contributed by atoms with E-state index in [0.29, 0.717) is 10.8 Å². The van der Waals surface area contributed by atoms with Crippen molar-refractivity contribution in [2.75, 3.05) is 6.61 Å². The molecule has 0 fully saturated rings. The summed E-state index contributed by atoms with van der Waals surface area (Å²) in [6, 6.07) is 15.7. The summed E-state index contributed by atoms with van der Waals surface area (Å²) in [5.41, 5.74) is 0.373. The fraction of sp³-hybridized carbons (Fsp3) is 0.364. The van der Waals surface area contributed by atoms with E-state index in [1.807, 2.05) is 57.2 Å². The van der Waals surface area contributed by atoms with Gasteiger partial charge in [0, 0.05) is 17.1 Å². The summed E-state index contributed by atoms with van der Waals surface area (Å²) >= 11 is 6.27. The molecule has 6 heteroatoms. The van der Waals surface area contributed by atoms with Crippen molar-refractivity contribution in [1.29, 1.82) is 0 Å². The molecule has 0 aliphatic heterocycles. The highest BCUT2D eigenvalue weighted by Gasteiger charge is 2.29. The number of nitrogens with one attached hydrogen (secondary N) is 1. The first-order chi connectivity index (χ1) is 13.2. The number of halogens is 1. The molecule has 28 heavy (non-hydrogen) atoms. The van der Waals surface area contributed by atoms with Crippen LogP contribution in [0.5, 0.6) is 5.75 Å². The number of carbonyl (C=O) groups is 2. The third kappa shape index (κ3) is 6.57. The molecule has 0 aliphatic rings. The van der Waals surface area contributed by atoms with Gasteiger partial charge in [-0.25, -0.2) is 0 Å². The molecule has 0 saturated carbocycles. The molecule has 0 saturated heterocycles. The van der Waals surface area contributed by atoms with Crippen LogP contribution in [0.1, 0.15) is 33.3 Å². The van der Waals surface area contributed by atoms with Crippen LogP contribution < -0.4 is 10.1 Å². The molecule has 0 spiro atoms. The van der Waals surface area contributed by atoms with Gasteiger partial charge in [0.2, 0.25) is 5.91 Å². The lowest BCUT2D eigenvalue weighted by molar-refractivity contribution is -0.142. The summed E-state index contributed by atoms with van der Waals surface area (Å²) in [7, 11) is 0. The number of hydrogen-bond donors (Lipinski definition) is 1. The van der Waals surface area contributed by atoms with Gasteiger partial charge < -0.3 is 15.0 Å². The predicted octanol–water partition coefficient (Wildman–Crippen LogP) is 4.05. The molecule has 2 aromatic carbocycles. The number of ether oxygens (including phenoxy) is 1. The van der Waals surface area contributed by atoms with Crippen LogP contribution in [0.2, 0.25) is 5.02 Å². The highest BCUT2D eigenvalue weighted by molar-refractivity contribution is 6.31. The molecule has 0 bridgehead atoms. The number of para-hydroxylation sites is 1. The first-order valence-electron chi connectivity index (χ1n) is 9.20. The topological polar surface area (TPSA) is 58.6 Å². The van der Waals surface area contributed by atoms with Gasteiger partial charge in [-0.1, -0.05) is 48.0 Å². The second-order valence-electron chi connectivity index (χ2n) is 7.63. The van der Waals surface area contributed by atoms with Gasteiger partial charge in [-0.05, 0) is 51.5 Å². The van der Waals surface area contributed by atoms with Crippen molar-refractivity contribution in [1.82, 2.24) is 10.2 Å². The highest BCUT2D eigenvalue weighted by Crippen LogP contribution is 2.19. The zero-order valence-electron chi connectivity index (χ0n) is 16.7. The van der Waals surface area contributed by atoms with Crippen LogP contribution in [0.3, 0.4) is 0 Å². The molecule has 0 aromatic heterocycles. The van der Waals surface area contributed by atoms with Crippen LogP contribution in [0.15, 0.2) is 54.6 Å². The molecular formula is C22H27ClN2O3. The van der Waals surface area contributed by atoms with Crippen molar-refractivity contribution in [2.45, 2.75) is 45.8 Å². The minimum Gasteiger partial charge on any atom is -0.484 e. The van der Waals surface area contributed by atoms with Crippen molar-refractivity contribution in [3.8, 4) is 5.75 Å². The summed E-state index contributed by atoms with van der Waals surface area (Å²) in [4.78, 5) is 27.1. The number of amides is 2. The maximum Gasteiger partial charge on any atom is 0.261 e. The molecule has 0 aliphatic carbocycles. The normalized spacial score (nSPS) is 12.2. The maximum atomic E-state index is 12.9. The first kappa shape index (κ1) is 21.8. The average Bonchev–Trinajstić information content (AvgIpc) is 2.64. The molecule has 150 valence electrons. The largest absolute Gasteiger partial charge is 0.484 e. The van der Waals surface area contributed by atoms with Crippen LogP contribution in [-0.2, 0) is 16.1 Å². The summed E-state index contributed by atoms with van der Waals surface area (Å²) in [5, 5.41) is 3.47. The third-order valence-corrected chi connectivity index (χ3v) is 4.44. The molecule has 2 rings (SSSR count). The molecule has 2 amide bonds. The van der Waals surface area contributed by atoms with E-state index >= 15 is 0 Å². The molecule has 1 atom stereocenters. The van der Waals surface area contributed by atoms with Gasteiger partial charge in [-0.3, -0.25) is 9.59 Å². The standard InChI is InChI=1S/C22H27ClN2O3/c1-16(21(27)24-22(2,3)4)25(14-17-10-8-9-13-19(17)23)20(26)15-28-18-11-6-5-7-12-18/h5-13,16H,14-15H2,1-4H3,(H,24,27). The Labute approximate surface area is 171 Å². The zero-order chi connectivity index (χ0) is 20.7. The van der Waals surface area contributed by atoms with Gasteiger partial charge in [0.25, 0.3) is 5.91 Å². The van der Waals surface area contributed by atoms with E-state index in [2.05, 4.69) is 5.32 Å². The SMILES string of the molecule is CC(C(=O)NC(C)(C)C)N(Cc1ccccc1Cl)C(=O)COc1ccccc1. The summed E-state index contributed by atoms with van der Waals surface area (Å²) in [6.45, 7) is 7.46. The molecule has 2 aromatic rings. The summed E-state index contributed by atoms with van der Waals surface area (Å²) in [6.07, 6.45) is 0. The van der Waals surface area contributed by atoms with E-state index in [4.69, 9.17) is 16.3 Å².